The molecule has 0 saturated carbocycles. The highest BCUT2D eigenvalue weighted by atomic mass is 19.4. The summed E-state index contributed by atoms with van der Waals surface area (Å²) in [5, 5.41) is 25.4. The van der Waals surface area contributed by atoms with Gasteiger partial charge < -0.3 is 15.5 Å². The highest BCUT2D eigenvalue weighted by molar-refractivity contribution is 5.95. The van der Waals surface area contributed by atoms with Gasteiger partial charge in [0.25, 0.3) is 5.91 Å². The number of nitrogens with zero attached hydrogens (tertiary/aromatic N) is 2. The lowest BCUT2D eigenvalue weighted by molar-refractivity contribution is -0.141. The SMILES string of the molecule is O=C(N/N=C/c1ccc(O)cc1O)c1ccc(Nc2ccnc(C(F)(F)F)c2)cc1. The van der Waals surface area contributed by atoms with Crippen LogP contribution in [0, 0.1) is 0 Å². The van der Waals surface area contributed by atoms with Crippen molar-refractivity contribution in [3.8, 4) is 11.5 Å². The van der Waals surface area contributed by atoms with E-state index in [-0.39, 0.29) is 22.7 Å². The number of pyridine rings is 1. The van der Waals surface area contributed by atoms with Gasteiger partial charge in [-0.05, 0) is 48.5 Å². The van der Waals surface area contributed by atoms with E-state index in [4.69, 9.17) is 0 Å². The molecule has 0 atom stereocenters. The van der Waals surface area contributed by atoms with E-state index < -0.39 is 17.8 Å². The lowest BCUT2D eigenvalue weighted by Crippen LogP contribution is -2.17. The van der Waals surface area contributed by atoms with Gasteiger partial charge in [0.2, 0.25) is 0 Å². The fourth-order valence-electron chi connectivity index (χ4n) is 2.40. The summed E-state index contributed by atoms with van der Waals surface area (Å²) in [5.41, 5.74) is 2.51. The van der Waals surface area contributed by atoms with Crippen LogP contribution >= 0.6 is 0 Å². The summed E-state index contributed by atoms with van der Waals surface area (Å²) in [6.45, 7) is 0. The molecule has 0 aliphatic rings. The molecule has 0 radical (unpaired) electrons. The summed E-state index contributed by atoms with van der Waals surface area (Å²) in [7, 11) is 0. The average molecular weight is 416 g/mol. The molecule has 1 heterocycles. The second-order valence-corrected chi connectivity index (χ2v) is 6.07. The van der Waals surface area contributed by atoms with Gasteiger partial charge in [-0.25, -0.2) is 5.43 Å². The first-order valence-electron chi connectivity index (χ1n) is 8.48. The van der Waals surface area contributed by atoms with Gasteiger partial charge in [0.15, 0.2) is 0 Å². The molecule has 7 nitrogen and oxygen atoms in total. The van der Waals surface area contributed by atoms with Crippen LogP contribution in [0.25, 0.3) is 0 Å². The predicted octanol–water partition coefficient (Wildman–Crippen LogP) is 4.02. The van der Waals surface area contributed by atoms with Gasteiger partial charge in [-0.3, -0.25) is 9.78 Å². The normalized spacial score (nSPS) is 11.4. The van der Waals surface area contributed by atoms with Crippen molar-refractivity contribution in [2.45, 2.75) is 6.18 Å². The van der Waals surface area contributed by atoms with Gasteiger partial charge in [-0.15, -0.1) is 0 Å². The predicted molar refractivity (Wildman–Crippen MR) is 104 cm³/mol. The molecular formula is C20H15F3N4O3. The first-order valence-corrected chi connectivity index (χ1v) is 8.48. The maximum atomic E-state index is 12.7. The summed E-state index contributed by atoms with van der Waals surface area (Å²) in [5.74, 6) is -0.837. The molecule has 154 valence electrons. The Labute approximate surface area is 168 Å². The zero-order valence-electron chi connectivity index (χ0n) is 15.2. The Kier molecular flexibility index (Phi) is 5.86. The van der Waals surface area contributed by atoms with Crippen LogP contribution in [-0.4, -0.2) is 27.3 Å². The number of hydrogen-bond donors (Lipinski definition) is 4. The molecular weight excluding hydrogens is 401 g/mol. The molecule has 0 aliphatic heterocycles. The van der Waals surface area contributed by atoms with Gasteiger partial charge in [0, 0.05) is 34.8 Å². The number of hydrazone groups is 1. The Morgan fingerprint density at radius 3 is 2.40 bits per heavy atom. The van der Waals surface area contributed by atoms with E-state index in [1.165, 1.54) is 48.7 Å². The van der Waals surface area contributed by atoms with Crippen molar-refractivity contribution in [1.82, 2.24) is 10.4 Å². The molecule has 1 aromatic heterocycles. The minimum absolute atomic E-state index is 0.108. The van der Waals surface area contributed by atoms with Crippen LogP contribution in [0.15, 0.2) is 65.9 Å². The summed E-state index contributed by atoms with van der Waals surface area (Å²) in [6.07, 6.45) is -2.28. The van der Waals surface area contributed by atoms with Crippen molar-refractivity contribution in [3.05, 3.63) is 77.6 Å². The number of hydrogen-bond acceptors (Lipinski definition) is 6. The standard InChI is InChI=1S/C20H15F3N4O3/c21-20(22,23)18-9-15(7-8-24-18)26-14-4-1-12(2-5-14)19(30)27-25-11-13-3-6-16(28)10-17(13)29/h1-11,28-29H,(H,24,26)(H,27,30)/b25-11+. The molecule has 0 aliphatic carbocycles. The second kappa shape index (κ2) is 8.52. The van der Waals surface area contributed by atoms with Crippen LogP contribution in [0.2, 0.25) is 0 Å². The number of halogens is 3. The summed E-state index contributed by atoms with van der Waals surface area (Å²) in [6, 6.07) is 12.2. The molecule has 2 aromatic carbocycles. The zero-order valence-corrected chi connectivity index (χ0v) is 15.2. The number of benzene rings is 2. The van der Waals surface area contributed by atoms with Gasteiger partial charge in [0.05, 0.1) is 6.21 Å². The Morgan fingerprint density at radius 2 is 1.73 bits per heavy atom. The van der Waals surface area contributed by atoms with E-state index in [0.717, 1.165) is 18.3 Å². The Hall–Kier alpha value is -4.08. The Morgan fingerprint density at radius 1 is 1.00 bits per heavy atom. The molecule has 10 heteroatoms. The van der Waals surface area contributed by atoms with Crippen molar-refractivity contribution in [2.75, 3.05) is 5.32 Å². The van der Waals surface area contributed by atoms with Crippen LogP contribution in [-0.2, 0) is 6.18 Å². The molecule has 3 aromatic rings. The molecule has 30 heavy (non-hydrogen) atoms. The molecule has 4 N–H and O–H groups in total. The maximum absolute atomic E-state index is 12.7. The number of anilines is 2. The lowest BCUT2D eigenvalue weighted by Gasteiger charge is -2.10. The summed E-state index contributed by atoms with van der Waals surface area (Å²) in [4.78, 5) is 15.4. The monoisotopic (exact) mass is 416 g/mol. The van der Waals surface area contributed by atoms with Gasteiger partial charge in [-0.2, -0.15) is 18.3 Å². The molecule has 1 amide bonds. The van der Waals surface area contributed by atoms with Crippen molar-refractivity contribution in [3.63, 3.8) is 0 Å². The van der Waals surface area contributed by atoms with Crippen LogP contribution in [0.5, 0.6) is 11.5 Å². The molecule has 3 rings (SSSR count). The third-order valence-corrected chi connectivity index (χ3v) is 3.87. The molecule has 0 bridgehead atoms. The van der Waals surface area contributed by atoms with E-state index in [1.54, 1.807) is 0 Å². The van der Waals surface area contributed by atoms with E-state index in [9.17, 15) is 28.2 Å². The quantitative estimate of drug-likeness (QED) is 0.371. The minimum atomic E-state index is -4.54. The van der Waals surface area contributed by atoms with E-state index in [1.807, 2.05) is 0 Å². The summed E-state index contributed by atoms with van der Waals surface area (Å²) >= 11 is 0. The van der Waals surface area contributed by atoms with E-state index in [0.29, 0.717) is 11.3 Å². The number of alkyl halides is 3. The minimum Gasteiger partial charge on any atom is -0.508 e. The molecule has 0 spiro atoms. The number of aromatic nitrogens is 1. The fraction of sp³-hybridized carbons (Fsp3) is 0.0500. The largest absolute Gasteiger partial charge is 0.508 e. The third kappa shape index (κ3) is 5.25. The number of carbonyl (C=O) groups excluding carboxylic acids is 1. The van der Waals surface area contributed by atoms with Crippen molar-refractivity contribution >= 4 is 23.5 Å². The van der Waals surface area contributed by atoms with Gasteiger partial charge in [0.1, 0.15) is 17.2 Å². The second-order valence-electron chi connectivity index (χ2n) is 6.07. The van der Waals surface area contributed by atoms with Gasteiger partial charge >= 0.3 is 6.18 Å². The molecule has 0 unspecified atom stereocenters. The van der Waals surface area contributed by atoms with Crippen LogP contribution in [0.1, 0.15) is 21.6 Å². The van der Waals surface area contributed by atoms with Gasteiger partial charge in [-0.1, -0.05) is 0 Å². The zero-order chi connectivity index (χ0) is 21.7. The fourth-order valence-corrected chi connectivity index (χ4v) is 2.40. The number of aromatic hydroxyl groups is 2. The third-order valence-electron chi connectivity index (χ3n) is 3.87. The number of nitrogens with one attached hydrogen (secondary N) is 2. The van der Waals surface area contributed by atoms with Crippen molar-refractivity contribution in [2.24, 2.45) is 5.10 Å². The number of phenolic OH excluding ortho intramolecular Hbond substituents is 2. The van der Waals surface area contributed by atoms with Crippen LogP contribution in [0.3, 0.4) is 0 Å². The highest BCUT2D eigenvalue weighted by Crippen LogP contribution is 2.29. The number of amides is 1. The smallest absolute Gasteiger partial charge is 0.433 e. The topological polar surface area (TPSA) is 107 Å². The average Bonchev–Trinajstić information content (AvgIpc) is 2.70. The number of phenols is 2. The lowest BCUT2D eigenvalue weighted by atomic mass is 10.2. The number of rotatable bonds is 5. The van der Waals surface area contributed by atoms with Crippen LogP contribution < -0.4 is 10.7 Å². The van der Waals surface area contributed by atoms with Crippen molar-refractivity contribution in [1.29, 1.82) is 0 Å². The van der Waals surface area contributed by atoms with Crippen LogP contribution in [0.4, 0.5) is 24.5 Å². The van der Waals surface area contributed by atoms with E-state index in [2.05, 4.69) is 20.8 Å². The number of carbonyl (C=O) groups is 1. The van der Waals surface area contributed by atoms with E-state index >= 15 is 0 Å². The first-order chi connectivity index (χ1) is 14.2. The maximum Gasteiger partial charge on any atom is 0.433 e. The Bertz CT molecular complexity index is 1080. The Balaban J connectivity index is 1.62. The summed E-state index contributed by atoms with van der Waals surface area (Å²) < 4.78 is 38.2. The van der Waals surface area contributed by atoms with Crippen molar-refractivity contribution < 1.29 is 28.2 Å². The first kappa shape index (κ1) is 20.6. The highest BCUT2D eigenvalue weighted by Gasteiger charge is 2.32. The molecule has 0 fully saturated rings. The molecule has 0 saturated heterocycles.